The van der Waals surface area contributed by atoms with E-state index in [1.54, 1.807) is 36.4 Å². The van der Waals surface area contributed by atoms with Crippen LogP contribution in [-0.4, -0.2) is 61.8 Å². The number of aromatic nitrogens is 7. The van der Waals surface area contributed by atoms with Gasteiger partial charge in [-0.1, -0.05) is 42.5 Å². The Hall–Kier alpha value is -5.43. The predicted molar refractivity (Wildman–Crippen MR) is 142 cm³/mol. The van der Waals surface area contributed by atoms with Gasteiger partial charge in [-0.2, -0.15) is 4.98 Å². The van der Waals surface area contributed by atoms with Crippen molar-refractivity contribution in [2.45, 2.75) is 6.61 Å². The molecular weight excluding hydrogens is 516 g/mol. The number of hydrogen-bond donors (Lipinski definition) is 2. The summed E-state index contributed by atoms with van der Waals surface area (Å²) in [5.41, 5.74) is 7.53. The summed E-state index contributed by atoms with van der Waals surface area (Å²) in [6.07, 6.45) is 1.54. The molecule has 0 unspecified atom stereocenters. The Balaban J connectivity index is 1.48. The maximum absolute atomic E-state index is 12.6. The molecule has 0 aliphatic heterocycles. The molecule has 202 valence electrons. The average Bonchev–Trinajstić information content (AvgIpc) is 3.54. The number of hydrogen-bond acceptors (Lipinski definition) is 11. The summed E-state index contributed by atoms with van der Waals surface area (Å²) in [7, 11) is 1.50. The molecular formula is C27H24N8O5. The molecule has 0 aliphatic carbocycles. The Morgan fingerprint density at radius 3 is 2.52 bits per heavy atom. The Kier molecular flexibility index (Phi) is 8.12. The highest BCUT2D eigenvalue weighted by atomic mass is 16.6. The number of primary amides is 1. The first-order chi connectivity index (χ1) is 19.6. The molecule has 1 amide bonds. The van der Waals surface area contributed by atoms with Crippen LogP contribution in [0, 0.1) is 0 Å². The summed E-state index contributed by atoms with van der Waals surface area (Å²) in [6, 6.07) is 20.0. The maximum Gasteiger partial charge on any atom is 0.271 e. The number of benzene rings is 2. The number of ether oxygens (including phenoxy) is 4. The van der Waals surface area contributed by atoms with Crippen molar-refractivity contribution < 1.29 is 23.7 Å². The van der Waals surface area contributed by atoms with Crippen molar-refractivity contribution >= 4 is 5.91 Å². The summed E-state index contributed by atoms with van der Waals surface area (Å²) in [6.45, 7) is 0.758. The molecule has 0 spiro atoms. The number of methoxy groups -OCH3 is 1. The van der Waals surface area contributed by atoms with Crippen molar-refractivity contribution in [1.82, 2.24) is 35.6 Å². The zero-order chi connectivity index (χ0) is 27.7. The quantitative estimate of drug-likeness (QED) is 0.222. The lowest BCUT2D eigenvalue weighted by atomic mass is 10.2. The van der Waals surface area contributed by atoms with Gasteiger partial charge in [-0.15, -0.1) is 5.10 Å². The number of aromatic amines is 1. The maximum atomic E-state index is 12.6. The van der Waals surface area contributed by atoms with Crippen LogP contribution in [0.25, 0.3) is 22.9 Å². The van der Waals surface area contributed by atoms with Crippen molar-refractivity contribution in [3.63, 3.8) is 0 Å². The van der Waals surface area contributed by atoms with Crippen molar-refractivity contribution in [3.05, 3.63) is 84.2 Å². The van der Waals surface area contributed by atoms with E-state index in [-0.39, 0.29) is 36.4 Å². The highest BCUT2D eigenvalue weighted by molar-refractivity contribution is 5.95. The van der Waals surface area contributed by atoms with Crippen LogP contribution in [0.4, 0.5) is 0 Å². The molecule has 13 nitrogen and oxygen atoms in total. The van der Waals surface area contributed by atoms with Gasteiger partial charge in [-0.05, 0) is 40.3 Å². The minimum Gasteiger partial charge on any atom is -0.493 e. The van der Waals surface area contributed by atoms with Crippen molar-refractivity contribution in [1.29, 1.82) is 0 Å². The first kappa shape index (κ1) is 26.2. The first-order valence-electron chi connectivity index (χ1n) is 12.1. The van der Waals surface area contributed by atoms with Gasteiger partial charge in [0.1, 0.15) is 12.3 Å². The summed E-state index contributed by atoms with van der Waals surface area (Å²) in [5.74, 6) is 0.340. The third-order valence-corrected chi connectivity index (χ3v) is 5.53. The van der Waals surface area contributed by atoms with Gasteiger partial charge in [-0.3, -0.25) is 9.78 Å². The van der Waals surface area contributed by atoms with Crippen LogP contribution >= 0.6 is 0 Å². The second-order valence-electron chi connectivity index (χ2n) is 8.21. The van der Waals surface area contributed by atoms with Crippen LogP contribution in [0.1, 0.15) is 16.1 Å². The monoisotopic (exact) mass is 540 g/mol. The topological polar surface area (TPSA) is 173 Å². The van der Waals surface area contributed by atoms with E-state index in [0.717, 1.165) is 5.56 Å². The molecule has 3 N–H and O–H groups in total. The lowest BCUT2D eigenvalue weighted by Gasteiger charge is -2.16. The molecule has 0 bridgehead atoms. The van der Waals surface area contributed by atoms with Crippen LogP contribution in [0.15, 0.2) is 72.9 Å². The van der Waals surface area contributed by atoms with E-state index in [4.69, 9.17) is 24.7 Å². The normalized spacial score (nSPS) is 10.7. The molecule has 5 aromatic rings. The number of amides is 1. The molecule has 0 fully saturated rings. The fraction of sp³-hybridized carbons (Fsp3) is 0.148. The summed E-state index contributed by atoms with van der Waals surface area (Å²) in [5, 5.41) is 13.7. The standard InChI is InChI=1S/C27H24N8O5/c1-37-20-9-5-6-10-21(20)40-23-22(24(28)36)30-25(18-11-12-29-19(15-18)26-32-34-35-33-26)31-27(23)39-14-13-38-16-17-7-3-2-4-8-17/h2-12,15H,13-14,16H2,1H3,(H2,28,36)(H,32,33,34,35). The molecule has 5 rings (SSSR count). The van der Waals surface area contributed by atoms with Crippen molar-refractivity contribution in [2.75, 3.05) is 20.3 Å². The molecule has 0 atom stereocenters. The highest BCUT2D eigenvalue weighted by Crippen LogP contribution is 2.38. The zero-order valence-electron chi connectivity index (χ0n) is 21.4. The Morgan fingerprint density at radius 1 is 0.975 bits per heavy atom. The van der Waals surface area contributed by atoms with Crippen LogP contribution < -0.4 is 19.9 Å². The van der Waals surface area contributed by atoms with Crippen molar-refractivity contribution in [2.24, 2.45) is 5.73 Å². The van der Waals surface area contributed by atoms with Gasteiger partial charge >= 0.3 is 0 Å². The number of para-hydroxylation sites is 2. The summed E-state index contributed by atoms with van der Waals surface area (Å²) < 4.78 is 23.2. The Bertz CT molecular complexity index is 1580. The number of nitrogens with one attached hydrogen (secondary N) is 1. The van der Waals surface area contributed by atoms with Gasteiger partial charge in [-0.25, -0.2) is 10.1 Å². The summed E-state index contributed by atoms with van der Waals surface area (Å²) in [4.78, 5) is 25.8. The molecule has 0 saturated carbocycles. The van der Waals surface area contributed by atoms with E-state index in [1.165, 1.54) is 13.3 Å². The van der Waals surface area contributed by atoms with Gasteiger partial charge in [0.05, 0.1) is 20.3 Å². The number of H-pyrrole nitrogens is 1. The smallest absolute Gasteiger partial charge is 0.271 e. The van der Waals surface area contributed by atoms with E-state index in [0.29, 0.717) is 35.2 Å². The number of nitrogens with zero attached hydrogens (tertiary/aromatic N) is 6. The fourth-order valence-corrected chi connectivity index (χ4v) is 3.66. The SMILES string of the molecule is COc1ccccc1Oc1c(OCCOCc2ccccc2)nc(-c2ccnc(-c3nnn[nH]3)c2)nc1C(N)=O. The highest BCUT2D eigenvalue weighted by Gasteiger charge is 2.24. The van der Waals surface area contributed by atoms with Gasteiger partial charge in [0.25, 0.3) is 11.8 Å². The molecule has 0 radical (unpaired) electrons. The van der Waals surface area contributed by atoms with Crippen LogP contribution in [0.3, 0.4) is 0 Å². The van der Waals surface area contributed by atoms with Gasteiger partial charge in [0.15, 0.2) is 28.8 Å². The molecule has 3 aromatic heterocycles. The molecule has 2 aromatic carbocycles. The number of nitrogens with two attached hydrogens (primary N) is 1. The second kappa shape index (κ2) is 12.4. The second-order valence-corrected chi connectivity index (χ2v) is 8.21. The van der Waals surface area contributed by atoms with Crippen molar-refractivity contribution in [3.8, 4) is 46.0 Å². The first-order valence-corrected chi connectivity index (χ1v) is 12.1. The van der Waals surface area contributed by atoms with Crippen LogP contribution in [0.2, 0.25) is 0 Å². The molecule has 40 heavy (non-hydrogen) atoms. The predicted octanol–water partition coefficient (Wildman–Crippen LogP) is 3.21. The molecule has 13 heteroatoms. The molecule has 0 saturated heterocycles. The number of tetrazole rings is 1. The van der Waals surface area contributed by atoms with E-state index in [2.05, 4.69) is 35.6 Å². The minimum atomic E-state index is -0.840. The summed E-state index contributed by atoms with van der Waals surface area (Å²) >= 11 is 0. The number of rotatable bonds is 12. The number of pyridine rings is 1. The van der Waals surface area contributed by atoms with Gasteiger partial charge in [0.2, 0.25) is 5.75 Å². The molecule has 0 aliphatic rings. The van der Waals surface area contributed by atoms with E-state index < -0.39 is 5.91 Å². The average molecular weight is 541 g/mol. The largest absolute Gasteiger partial charge is 0.493 e. The van der Waals surface area contributed by atoms with Crippen LogP contribution in [0.5, 0.6) is 23.1 Å². The zero-order valence-corrected chi connectivity index (χ0v) is 21.4. The van der Waals surface area contributed by atoms with Gasteiger partial charge < -0.3 is 24.7 Å². The third kappa shape index (κ3) is 6.16. The number of carbonyl (C=O) groups excluding carboxylic acids is 1. The number of carbonyl (C=O) groups is 1. The lowest BCUT2D eigenvalue weighted by Crippen LogP contribution is -2.17. The van der Waals surface area contributed by atoms with E-state index in [1.807, 2.05) is 30.3 Å². The Labute approximate surface area is 228 Å². The molecule has 3 heterocycles. The lowest BCUT2D eigenvalue weighted by molar-refractivity contribution is 0.0863. The van der Waals surface area contributed by atoms with E-state index >= 15 is 0 Å². The minimum absolute atomic E-state index is 0.00675. The Morgan fingerprint density at radius 2 is 1.77 bits per heavy atom. The fourth-order valence-electron chi connectivity index (χ4n) is 3.66. The van der Waals surface area contributed by atoms with Gasteiger partial charge in [0, 0.05) is 11.8 Å². The van der Waals surface area contributed by atoms with E-state index in [9.17, 15) is 4.79 Å². The third-order valence-electron chi connectivity index (χ3n) is 5.53. The van der Waals surface area contributed by atoms with Crippen LogP contribution in [-0.2, 0) is 11.3 Å².